The highest BCUT2D eigenvalue weighted by molar-refractivity contribution is 5.33. The summed E-state index contributed by atoms with van der Waals surface area (Å²) in [5, 5.41) is 3.12. The van der Waals surface area contributed by atoms with Crippen molar-refractivity contribution in [3.05, 3.63) is 47.7 Å². The van der Waals surface area contributed by atoms with Gasteiger partial charge in [-0.3, -0.25) is 0 Å². The molecule has 0 aliphatic rings. The molecule has 0 bridgehead atoms. The van der Waals surface area contributed by atoms with Gasteiger partial charge in [0, 0.05) is 19.6 Å². The molecule has 0 saturated carbocycles. The van der Waals surface area contributed by atoms with Crippen LogP contribution in [-0.2, 0) is 6.42 Å². The first-order valence-corrected chi connectivity index (χ1v) is 7.23. The summed E-state index contributed by atoms with van der Waals surface area (Å²) in [6.45, 7) is 15.1. The Balaban J connectivity index is 0.00000154. The van der Waals surface area contributed by atoms with E-state index in [2.05, 4.69) is 55.9 Å². The van der Waals surface area contributed by atoms with Crippen molar-refractivity contribution in [3.63, 3.8) is 0 Å². The molecule has 0 atom stereocenters. The van der Waals surface area contributed by atoms with Crippen LogP contribution in [0.2, 0.25) is 0 Å². The van der Waals surface area contributed by atoms with Crippen molar-refractivity contribution in [1.29, 1.82) is 0 Å². The van der Waals surface area contributed by atoms with Gasteiger partial charge in [-0.05, 0) is 50.2 Å². The Bertz CT molecular complexity index is 358. The number of rotatable bonds is 7. The normalized spacial score (nSPS) is 9.79. The van der Waals surface area contributed by atoms with Crippen LogP contribution >= 0.6 is 0 Å². The Morgan fingerprint density at radius 1 is 1.21 bits per heavy atom. The minimum Gasteiger partial charge on any atom is -0.390 e. The third-order valence-electron chi connectivity index (χ3n) is 3.26. The smallest absolute Gasteiger partial charge is 0.0269 e. The summed E-state index contributed by atoms with van der Waals surface area (Å²) in [4.78, 5) is 2.35. The van der Waals surface area contributed by atoms with Gasteiger partial charge in [0.25, 0.3) is 0 Å². The number of benzene rings is 1. The Labute approximate surface area is 119 Å². The number of nitrogens with zero attached hydrogens (tertiary/aromatic N) is 1. The summed E-state index contributed by atoms with van der Waals surface area (Å²) >= 11 is 0. The molecule has 2 nitrogen and oxygen atoms in total. The maximum atomic E-state index is 3.64. The molecule has 1 aromatic rings. The van der Waals surface area contributed by atoms with Gasteiger partial charge >= 0.3 is 0 Å². The zero-order chi connectivity index (χ0) is 14.7. The lowest BCUT2D eigenvalue weighted by Crippen LogP contribution is -2.28. The van der Waals surface area contributed by atoms with Gasteiger partial charge in [-0.2, -0.15) is 0 Å². The van der Waals surface area contributed by atoms with Gasteiger partial charge in [-0.1, -0.05) is 38.6 Å². The molecule has 0 saturated heterocycles. The molecular formula is C17H30N2. The Kier molecular flexibility index (Phi) is 9.91. The topological polar surface area (TPSA) is 15.3 Å². The molecule has 0 aliphatic carbocycles. The van der Waals surface area contributed by atoms with Crippen LogP contribution in [0.3, 0.4) is 0 Å². The number of nitrogens with one attached hydrogen (secondary N) is 1. The predicted octanol–water partition coefficient (Wildman–Crippen LogP) is 3.54. The summed E-state index contributed by atoms with van der Waals surface area (Å²) in [5.41, 5.74) is 4.29. The second-order valence-corrected chi connectivity index (χ2v) is 4.57. The van der Waals surface area contributed by atoms with Gasteiger partial charge in [0.15, 0.2) is 0 Å². The molecule has 1 N–H and O–H groups in total. The first-order valence-electron chi connectivity index (χ1n) is 7.23. The lowest BCUT2D eigenvalue weighted by Gasteiger charge is -2.17. The molecule has 1 aromatic carbocycles. The first-order chi connectivity index (χ1) is 9.15. The van der Waals surface area contributed by atoms with Crippen LogP contribution in [-0.4, -0.2) is 31.6 Å². The Hall–Kier alpha value is -1.28. The highest BCUT2D eigenvalue weighted by Gasteiger charge is 2.02. The largest absolute Gasteiger partial charge is 0.390 e. The van der Waals surface area contributed by atoms with Crippen LogP contribution < -0.4 is 5.32 Å². The minimum atomic E-state index is 0.965. The van der Waals surface area contributed by atoms with Crippen LogP contribution in [0.1, 0.15) is 30.5 Å². The molecule has 1 rings (SSSR count). The summed E-state index contributed by atoms with van der Waals surface area (Å²) in [5.74, 6) is 0. The van der Waals surface area contributed by atoms with E-state index in [0.717, 1.165) is 26.1 Å². The fraction of sp³-hybridized carbons (Fsp3) is 0.529. The van der Waals surface area contributed by atoms with Crippen molar-refractivity contribution in [1.82, 2.24) is 10.2 Å². The third-order valence-corrected chi connectivity index (χ3v) is 3.26. The molecule has 0 unspecified atom stereocenters. The zero-order valence-corrected chi connectivity index (χ0v) is 13.3. The lowest BCUT2D eigenvalue weighted by molar-refractivity contribution is 0.341. The van der Waals surface area contributed by atoms with Crippen molar-refractivity contribution in [2.75, 3.05) is 26.7 Å². The van der Waals surface area contributed by atoms with Gasteiger partial charge in [-0.15, -0.1) is 0 Å². The summed E-state index contributed by atoms with van der Waals surface area (Å²) in [7, 11) is 2.16. The fourth-order valence-electron chi connectivity index (χ4n) is 1.86. The quantitative estimate of drug-likeness (QED) is 0.756. The van der Waals surface area contributed by atoms with Crippen LogP contribution in [0, 0.1) is 13.8 Å². The molecule has 0 aromatic heterocycles. The summed E-state index contributed by atoms with van der Waals surface area (Å²) in [6, 6.07) is 6.56. The second-order valence-electron chi connectivity index (χ2n) is 4.57. The van der Waals surface area contributed by atoms with Crippen LogP contribution in [0.4, 0.5) is 0 Å². The fourth-order valence-corrected chi connectivity index (χ4v) is 1.86. The molecule has 0 spiro atoms. The SMILES string of the molecule is C=CNCCN(C)CCc1cccc(C)c1C.CC. The molecule has 0 radical (unpaired) electrons. The summed E-state index contributed by atoms with van der Waals surface area (Å²) in [6.07, 6.45) is 2.87. The van der Waals surface area contributed by atoms with E-state index in [1.807, 2.05) is 13.8 Å². The van der Waals surface area contributed by atoms with Crippen LogP contribution in [0.25, 0.3) is 0 Å². The van der Waals surface area contributed by atoms with Gasteiger partial charge in [0.1, 0.15) is 0 Å². The average Bonchev–Trinajstić information content (AvgIpc) is 2.43. The highest BCUT2D eigenvalue weighted by atomic mass is 15.1. The molecule has 2 heteroatoms. The molecule has 19 heavy (non-hydrogen) atoms. The molecule has 108 valence electrons. The molecular weight excluding hydrogens is 232 g/mol. The van der Waals surface area contributed by atoms with Gasteiger partial charge < -0.3 is 10.2 Å². The Morgan fingerprint density at radius 2 is 1.89 bits per heavy atom. The van der Waals surface area contributed by atoms with E-state index in [-0.39, 0.29) is 0 Å². The lowest BCUT2D eigenvalue weighted by atomic mass is 10.0. The van der Waals surface area contributed by atoms with E-state index in [9.17, 15) is 0 Å². The van der Waals surface area contributed by atoms with Gasteiger partial charge in [-0.25, -0.2) is 0 Å². The van der Waals surface area contributed by atoms with E-state index in [1.54, 1.807) is 6.20 Å². The number of aryl methyl sites for hydroxylation is 1. The average molecular weight is 262 g/mol. The van der Waals surface area contributed by atoms with Crippen LogP contribution in [0.5, 0.6) is 0 Å². The number of likely N-dealkylation sites (N-methyl/N-ethyl adjacent to an activating group) is 1. The molecule has 0 amide bonds. The number of hydrogen-bond acceptors (Lipinski definition) is 2. The minimum absolute atomic E-state index is 0.965. The van der Waals surface area contributed by atoms with E-state index >= 15 is 0 Å². The zero-order valence-electron chi connectivity index (χ0n) is 13.3. The third kappa shape index (κ3) is 7.02. The van der Waals surface area contributed by atoms with Gasteiger partial charge in [0.05, 0.1) is 0 Å². The summed E-state index contributed by atoms with van der Waals surface area (Å²) < 4.78 is 0. The monoisotopic (exact) mass is 262 g/mol. The van der Waals surface area contributed by atoms with E-state index in [1.165, 1.54) is 16.7 Å². The predicted molar refractivity (Wildman–Crippen MR) is 86.7 cm³/mol. The van der Waals surface area contributed by atoms with Gasteiger partial charge in [0.2, 0.25) is 0 Å². The number of hydrogen-bond donors (Lipinski definition) is 1. The Morgan fingerprint density at radius 3 is 2.53 bits per heavy atom. The van der Waals surface area contributed by atoms with E-state index in [4.69, 9.17) is 0 Å². The molecule has 0 heterocycles. The maximum absolute atomic E-state index is 3.64. The van der Waals surface area contributed by atoms with Crippen molar-refractivity contribution in [3.8, 4) is 0 Å². The van der Waals surface area contributed by atoms with Crippen molar-refractivity contribution >= 4 is 0 Å². The second kappa shape index (κ2) is 10.6. The van der Waals surface area contributed by atoms with E-state index < -0.39 is 0 Å². The standard InChI is InChI=1S/C15H24N2.C2H6/c1-5-16-10-12-17(4)11-9-15-8-6-7-13(2)14(15)3;1-2/h5-8,16H,1,9-12H2,2-4H3;1-2H3. The maximum Gasteiger partial charge on any atom is 0.0269 e. The first kappa shape index (κ1) is 17.7. The molecule has 0 fully saturated rings. The van der Waals surface area contributed by atoms with E-state index in [0.29, 0.717) is 0 Å². The van der Waals surface area contributed by atoms with Crippen molar-refractivity contribution in [2.45, 2.75) is 34.1 Å². The van der Waals surface area contributed by atoms with Crippen molar-refractivity contribution < 1.29 is 0 Å². The van der Waals surface area contributed by atoms with Crippen molar-refractivity contribution in [2.24, 2.45) is 0 Å². The molecule has 0 aliphatic heterocycles. The highest BCUT2D eigenvalue weighted by Crippen LogP contribution is 2.13. The van der Waals surface area contributed by atoms with Crippen LogP contribution in [0.15, 0.2) is 31.0 Å².